The van der Waals surface area contributed by atoms with Gasteiger partial charge in [0.2, 0.25) is 0 Å². The number of amides is 1. The molecule has 0 spiro atoms. The molecule has 2 aromatic rings. The third kappa shape index (κ3) is 2.53. The fourth-order valence-corrected chi connectivity index (χ4v) is 2.76. The van der Waals surface area contributed by atoms with Gasteiger partial charge in [-0.3, -0.25) is 4.79 Å². The van der Waals surface area contributed by atoms with Crippen LogP contribution in [0, 0.1) is 0 Å². The first-order valence-electron chi connectivity index (χ1n) is 6.39. The SMILES string of the molecule is CN1CCN(C(=O)c2cc3ccc(Br)cc3[nH]2)CC1. The number of rotatable bonds is 1. The third-order valence-electron chi connectivity index (χ3n) is 3.61. The maximum Gasteiger partial charge on any atom is 0.270 e. The predicted molar refractivity (Wildman–Crippen MR) is 79.4 cm³/mol. The van der Waals surface area contributed by atoms with E-state index in [9.17, 15) is 4.79 Å². The highest BCUT2D eigenvalue weighted by Crippen LogP contribution is 2.21. The van der Waals surface area contributed by atoms with Gasteiger partial charge >= 0.3 is 0 Å². The lowest BCUT2D eigenvalue weighted by molar-refractivity contribution is 0.0659. The largest absolute Gasteiger partial charge is 0.350 e. The van der Waals surface area contributed by atoms with Gasteiger partial charge in [-0.15, -0.1) is 0 Å². The number of nitrogens with one attached hydrogen (secondary N) is 1. The van der Waals surface area contributed by atoms with Crippen molar-refractivity contribution < 1.29 is 4.79 Å². The Morgan fingerprint density at radius 3 is 2.68 bits per heavy atom. The molecular weight excluding hydrogens is 306 g/mol. The Morgan fingerprint density at radius 2 is 1.95 bits per heavy atom. The minimum Gasteiger partial charge on any atom is -0.350 e. The van der Waals surface area contributed by atoms with E-state index < -0.39 is 0 Å². The smallest absolute Gasteiger partial charge is 0.270 e. The van der Waals surface area contributed by atoms with Gasteiger partial charge in [0.15, 0.2) is 0 Å². The average molecular weight is 322 g/mol. The van der Waals surface area contributed by atoms with E-state index in [1.54, 1.807) is 0 Å². The van der Waals surface area contributed by atoms with Crippen LogP contribution < -0.4 is 0 Å². The van der Waals surface area contributed by atoms with Gasteiger partial charge in [0.05, 0.1) is 0 Å². The second-order valence-corrected chi connectivity index (χ2v) is 5.93. The number of H-pyrrole nitrogens is 1. The number of halogens is 1. The molecule has 100 valence electrons. The molecule has 0 radical (unpaired) electrons. The van der Waals surface area contributed by atoms with Crippen molar-refractivity contribution in [3.05, 3.63) is 34.4 Å². The van der Waals surface area contributed by atoms with E-state index in [1.807, 2.05) is 29.2 Å². The summed E-state index contributed by atoms with van der Waals surface area (Å²) >= 11 is 3.44. The molecule has 0 aliphatic carbocycles. The molecule has 0 atom stereocenters. The number of nitrogens with zero attached hydrogens (tertiary/aromatic N) is 2. The molecule has 0 saturated carbocycles. The van der Waals surface area contributed by atoms with Crippen molar-refractivity contribution in [2.45, 2.75) is 0 Å². The lowest BCUT2D eigenvalue weighted by Gasteiger charge is -2.32. The van der Waals surface area contributed by atoms with E-state index in [-0.39, 0.29) is 5.91 Å². The zero-order chi connectivity index (χ0) is 13.4. The number of fused-ring (bicyclic) bond motifs is 1. The second kappa shape index (κ2) is 4.98. The first-order valence-corrected chi connectivity index (χ1v) is 7.19. The summed E-state index contributed by atoms with van der Waals surface area (Å²) in [4.78, 5) is 19.8. The Balaban J connectivity index is 1.85. The molecule has 4 nitrogen and oxygen atoms in total. The molecule has 1 fully saturated rings. The van der Waals surface area contributed by atoms with Crippen LogP contribution in [0.15, 0.2) is 28.7 Å². The van der Waals surface area contributed by atoms with Gasteiger partial charge in [-0.1, -0.05) is 22.0 Å². The fraction of sp³-hybridized carbons (Fsp3) is 0.357. The Hall–Kier alpha value is -1.33. The second-order valence-electron chi connectivity index (χ2n) is 5.01. The van der Waals surface area contributed by atoms with Crippen LogP contribution in [0.2, 0.25) is 0 Å². The van der Waals surface area contributed by atoms with E-state index >= 15 is 0 Å². The van der Waals surface area contributed by atoms with Gasteiger partial charge in [0.1, 0.15) is 5.69 Å². The van der Waals surface area contributed by atoms with Crippen molar-refractivity contribution in [3.8, 4) is 0 Å². The van der Waals surface area contributed by atoms with E-state index in [0.717, 1.165) is 41.6 Å². The summed E-state index contributed by atoms with van der Waals surface area (Å²) < 4.78 is 1.01. The van der Waals surface area contributed by atoms with Gasteiger partial charge in [0.25, 0.3) is 5.91 Å². The quantitative estimate of drug-likeness (QED) is 0.875. The average Bonchev–Trinajstić information content (AvgIpc) is 2.81. The summed E-state index contributed by atoms with van der Waals surface area (Å²) in [5.74, 6) is 0.0976. The number of hydrogen-bond acceptors (Lipinski definition) is 2. The summed E-state index contributed by atoms with van der Waals surface area (Å²) in [5.41, 5.74) is 1.67. The maximum atomic E-state index is 12.4. The predicted octanol–water partition coefficient (Wildman–Crippen LogP) is 2.32. The molecule has 1 aliphatic rings. The molecule has 2 heterocycles. The van der Waals surface area contributed by atoms with E-state index in [2.05, 4.69) is 32.9 Å². The van der Waals surface area contributed by atoms with Crippen LogP contribution >= 0.6 is 15.9 Å². The topological polar surface area (TPSA) is 39.3 Å². The van der Waals surface area contributed by atoms with Crippen LogP contribution in [0.4, 0.5) is 0 Å². The number of piperazine rings is 1. The molecule has 1 aliphatic heterocycles. The molecule has 1 N–H and O–H groups in total. The van der Waals surface area contributed by atoms with Crippen LogP contribution in [-0.2, 0) is 0 Å². The normalized spacial score (nSPS) is 17.1. The summed E-state index contributed by atoms with van der Waals surface area (Å²) in [5, 5.41) is 1.07. The minimum absolute atomic E-state index is 0.0976. The number of aromatic nitrogens is 1. The highest BCUT2D eigenvalue weighted by molar-refractivity contribution is 9.10. The van der Waals surface area contributed by atoms with Crippen LogP contribution in [0.25, 0.3) is 10.9 Å². The summed E-state index contributed by atoms with van der Waals surface area (Å²) in [6.45, 7) is 3.48. The van der Waals surface area contributed by atoms with E-state index in [1.165, 1.54) is 0 Å². The lowest BCUT2D eigenvalue weighted by atomic mass is 10.2. The molecule has 0 unspecified atom stereocenters. The Kier molecular flexibility index (Phi) is 3.33. The number of likely N-dealkylation sites (N-methyl/N-ethyl adjacent to an activating group) is 1. The number of carbonyl (C=O) groups is 1. The van der Waals surface area contributed by atoms with Crippen molar-refractivity contribution in [2.24, 2.45) is 0 Å². The standard InChI is InChI=1S/C14H16BrN3O/c1-17-4-6-18(7-5-17)14(19)13-8-10-2-3-11(15)9-12(10)16-13/h2-3,8-9,16H,4-7H2,1H3. The molecule has 19 heavy (non-hydrogen) atoms. The van der Waals surface area contributed by atoms with Crippen molar-refractivity contribution in [2.75, 3.05) is 33.2 Å². The van der Waals surface area contributed by atoms with Gasteiger partial charge in [-0.05, 0) is 25.2 Å². The first kappa shape index (κ1) is 12.7. The van der Waals surface area contributed by atoms with Gasteiger partial charge < -0.3 is 14.8 Å². The molecule has 1 aromatic heterocycles. The number of hydrogen-bond donors (Lipinski definition) is 1. The fourth-order valence-electron chi connectivity index (χ4n) is 2.39. The lowest BCUT2D eigenvalue weighted by Crippen LogP contribution is -2.47. The van der Waals surface area contributed by atoms with Crippen molar-refractivity contribution >= 4 is 32.7 Å². The minimum atomic E-state index is 0.0976. The molecule has 3 rings (SSSR count). The van der Waals surface area contributed by atoms with Crippen LogP contribution in [0.5, 0.6) is 0 Å². The maximum absolute atomic E-state index is 12.4. The molecular formula is C14H16BrN3O. The zero-order valence-electron chi connectivity index (χ0n) is 10.8. The van der Waals surface area contributed by atoms with Crippen LogP contribution in [0.3, 0.4) is 0 Å². The number of carbonyl (C=O) groups excluding carboxylic acids is 1. The molecule has 1 amide bonds. The zero-order valence-corrected chi connectivity index (χ0v) is 12.4. The monoisotopic (exact) mass is 321 g/mol. The number of benzene rings is 1. The van der Waals surface area contributed by atoms with Crippen LogP contribution in [-0.4, -0.2) is 53.9 Å². The summed E-state index contributed by atoms with van der Waals surface area (Å²) in [6, 6.07) is 7.93. The van der Waals surface area contributed by atoms with Crippen molar-refractivity contribution in [1.82, 2.24) is 14.8 Å². The number of aromatic amines is 1. The summed E-state index contributed by atoms with van der Waals surface area (Å²) in [7, 11) is 2.09. The Bertz CT molecular complexity index is 614. The molecule has 0 bridgehead atoms. The Morgan fingerprint density at radius 1 is 1.21 bits per heavy atom. The molecule has 5 heteroatoms. The first-order chi connectivity index (χ1) is 9.13. The van der Waals surface area contributed by atoms with Gasteiger partial charge in [-0.2, -0.15) is 0 Å². The van der Waals surface area contributed by atoms with Gasteiger partial charge in [0, 0.05) is 41.6 Å². The van der Waals surface area contributed by atoms with Crippen LogP contribution in [0.1, 0.15) is 10.5 Å². The highest BCUT2D eigenvalue weighted by atomic mass is 79.9. The van der Waals surface area contributed by atoms with E-state index in [4.69, 9.17) is 0 Å². The van der Waals surface area contributed by atoms with Crippen molar-refractivity contribution in [1.29, 1.82) is 0 Å². The van der Waals surface area contributed by atoms with Crippen molar-refractivity contribution in [3.63, 3.8) is 0 Å². The van der Waals surface area contributed by atoms with E-state index in [0.29, 0.717) is 5.69 Å². The highest BCUT2D eigenvalue weighted by Gasteiger charge is 2.21. The summed E-state index contributed by atoms with van der Waals surface area (Å²) in [6.07, 6.45) is 0. The molecule has 1 saturated heterocycles. The Labute approximate surface area is 120 Å². The van der Waals surface area contributed by atoms with Gasteiger partial charge in [-0.25, -0.2) is 0 Å². The molecule has 1 aromatic carbocycles. The third-order valence-corrected chi connectivity index (χ3v) is 4.10.